The average molecular weight is 247 g/mol. The molecule has 0 fully saturated rings. The van der Waals surface area contributed by atoms with Crippen LogP contribution in [0.4, 0.5) is 5.69 Å². The second-order valence-corrected chi connectivity index (χ2v) is 4.78. The lowest BCUT2D eigenvalue weighted by Crippen LogP contribution is -2.18. The third-order valence-electron chi connectivity index (χ3n) is 2.63. The number of aromatic nitrogens is 4. The smallest absolute Gasteiger partial charge is 0.296 e. The predicted molar refractivity (Wildman–Crippen MR) is 69.7 cm³/mol. The number of hydrogen-bond donors (Lipinski definition) is 2. The van der Waals surface area contributed by atoms with Gasteiger partial charge in [0.1, 0.15) is 5.69 Å². The second-order valence-electron chi connectivity index (χ2n) is 4.78. The van der Waals surface area contributed by atoms with Crippen molar-refractivity contribution in [2.45, 2.75) is 27.2 Å². The Balaban J connectivity index is 2.46. The number of anilines is 1. The van der Waals surface area contributed by atoms with E-state index in [0.717, 1.165) is 17.8 Å². The SMILES string of the molecule is Cc1ccc(-n2[nH]c(CC(C)C)c(N)c2=O)nn1. The number of nitrogens with zero attached hydrogens (tertiary/aromatic N) is 3. The minimum absolute atomic E-state index is 0.256. The van der Waals surface area contributed by atoms with E-state index in [0.29, 0.717) is 11.7 Å². The van der Waals surface area contributed by atoms with Crippen molar-refractivity contribution in [1.29, 1.82) is 0 Å². The standard InChI is InChI=1S/C12H17N5O/c1-7(2)6-9-11(13)12(18)17(16-9)10-5-4-8(3)14-15-10/h4-5,7,16H,6,13H2,1-3H3. The van der Waals surface area contributed by atoms with Crippen LogP contribution in [0.15, 0.2) is 16.9 Å². The molecule has 2 rings (SSSR count). The zero-order valence-electron chi connectivity index (χ0n) is 10.8. The van der Waals surface area contributed by atoms with Gasteiger partial charge in [0.25, 0.3) is 5.56 Å². The van der Waals surface area contributed by atoms with Gasteiger partial charge < -0.3 is 5.73 Å². The summed E-state index contributed by atoms with van der Waals surface area (Å²) < 4.78 is 1.33. The number of nitrogens with two attached hydrogens (primary N) is 1. The van der Waals surface area contributed by atoms with Crippen LogP contribution < -0.4 is 11.3 Å². The highest BCUT2D eigenvalue weighted by Gasteiger charge is 2.14. The van der Waals surface area contributed by atoms with E-state index in [-0.39, 0.29) is 11.2 Å². The molecule has 0 radical (unpaired) electrons. The molecule has 0 aliphatic carbocycles. The molecule has 6 heteroatoms. The van der Waals surface area contributed by atoms with E-state index < -0.39 is 0 Å². The van der Waals surface area contributed by atoms with Gasteiger partial charge in [0, 0.05) is 0 Å². The molecule has 0 unspecified atom stereocenters. The van der Waals surface area contributed by atoms with Crippen molar-refractivity contribution in [3.8, 4) is 5.82 Å². The Hall–Kier alpha value is -2.11. The van der Waals surface area contributed by atoms with E-state index in [1.165, 1.54) is 4.68 Å². The van der Waals surface area contributed by atoms with Crippen molar-refractivity contribution < 1.29 is 0 Å². The van der Waals surface area contributed by atoms with Crippen molar-refractivity contribution >= 4 is 5.69 Å². The first kappa shape index (κ1) is 12.3. The Bertz CT molecular complexity index is 594. The Kier molecular flexibility index (Phi) is 3.18. The third kappa shape index (κ3) is 2.27. The summed E-state index contributed by atoms with van der Waals surface area (Å²) in [6, 6.07) is 3.53. The summed E-state index contributed by atoms with van der Waals surface area (Å²) in [5.74, 6) is 0.871. The maximum atomic E-state index is 12.0. The molecular formula is C12H17N5O. The monoisotopic (exact) mass is 247 g/mol. The molecule has 0 aliphatic heterocycles. The Morgan fingerprint density at radius 2 is 2.11 bits per heavy atom. The van der Waals surface area contributed by atoms with Crippen molar-refractivity contribution in [2.75, 3.05) is 5.73 Å². The summed E-state index contributed by atoms with van der Waals surface area (Å²) >= 11 is 0. The first-order valence-electron chi connectivity index (χ1n) is 5.89. The molecule has 2 aromatic heterocycles. The van der Waals surface area contributed by atoms with Gasteiger partial charge in [-0.05, 0) is 31.4 Å². The summed E-state index contributed by atoms with van der Waals surface area (Å²) in [5.41, 5.74) is 7.33. The van der Waals surface area contributed by atoms with Crippen LogP contribution in [0.25, 0.3) is 5.82 Å². The average Bonchev–Trinajstić information content (AvgIpc) is 2.58. The van der Waals surface area contributed by atoms with Crippen molar-refractivity contribution in [1.82, 2.24) is 20.0 Å². The Labute approximate surface area is 105 Å². The highest BCUT2D eigenvalue weighted by molar-refractivity contribution is 5.43. The van der Waals surface area contributed by atoms with E-state index in [2.05, 4.69) is 29.1 Å². The molecule has 0 amide bonds. The van der Waals surface area contributed by atoms with Crippen LogP contribution in [0.5, 0.6) is 0 Å². The number of rotatable bonds is 3. The van der Waals surface area contributed by atoms with Gasteiger partial charge in [-0.3, -0.25) is 9.89 Å². The van der Waals surface area contributed by atoms with E-state index in [1.807, 2.05) is 6.92 Å². The predicted octanol–water partition coefficient (Wildman–Crippen LogP) is 1.04. The summed E-state index contributed by atoms with van der Waals surface area (Å²) in [7, 11) is 0. The number of aryl methyl sites for hydroxylation is 1. The quantitative estimate of drug-likeness (QED) is 0.848. The van der Waals surface area contributed by atoms with Crippen LogP contribution in [-0.4, -0.2) is 20.0 Å². The first-order chi connectivity index (χ1) is 8.49. The molecule has 3 N–H and O–H groups in total. The fraction of sp³-hybridized carbons (Fsp3) is 0.417. The minimum Gasteiger partial charge on any atom is -0.393 e. The zero-order valence-corrected chi connectivity index (χ0v) is 10.8. The second kappa shape index (κ2) is 4.64. The normalized spacial score (nSPS) is 11.1. The fourth-order valence-corrected chi connectivity index (χ4v) is 1.73. The molecule has 0 bridgehead atoms. The van der Waals surface area contributed by atoms with Crippen LogP contribution in [0.3, 0.4) is 0 Å². The van der Waals surface area contributed by atoms with Gasteiger partial charge in [-0.15, -0.1) is 5.10 Å². The molecule has 18 heavy (non-hydrogen) atoms. The Morgan fingerprint density at radius 1 is 1.39 bits per heavy atom. The molecule has 2 heterocycles. The van der Waals surface area contributed by atoms with Gasteiger partial charge in [-0.2, -0.15) is 9.78 Å². The van der Waals surface area contributed by atoms with E-state index >= 15 is 0 Å². The number of aromatic amines is 1. The summed E-state index contributed by atoms with van der Waals surface area (Å²) in [4.78, 5) is 12.0. The molecule has 96 valence electrons. The summed E-state index contributed by atoms with van der Waals surface area (Å²) in [6.07, 6.45) is 0.730. The van der Waals surface area contributed by atoms with Crippen molar-refractivity contribution in [2.24, 2.45) is 5.92 Å². The van der Waals surface area contributed by atoms with Gasteiger partial charge in [-0.25, -0.2) is 0 Å². The molecule has 2 aromatic rings. The molecule has 0 atom stereocenters. The third-order valence-corrected chi connectivity index (χ3v) is 2.63. The lowest BCUT2D eigenvalue weighted by molar-refractivity contribution is 0.626. The van der Waals surface area contributed by atoms with Crippen LogP contribution >= 0.6 is 0 Å². The largest absolute Gasteiger partial charge is 0.393 e. The minimum atomic E-state index is -0.274. The summed E-state index contributed by atoms with van der Waals surface area (Å²) in [5, 5.41) is 10.9. The van der Waals surface area contributed by atoms with Gasteiger partial charge >= 0.3 is 0 Å². The molecule has 0 saturated heterocycles. The summed E-state index contributed by atoms with van der Waals surface area (Å²) in [6.45, 7) is 5.98. The van der Waals surface area contributed by atoms with Crippen molar-refractivity contribution in [3.05, 3.63) is 33.9 Å². The lowest BCUT2D eigenvalue weighted by atomic mass is 10.1. The molecule has 0 saturated carbocycles. The molecule has 6 nitrogen and oxygen atoms in total. The molecule has 0 aliphatic rings. The Morgan fingerprint density at radius 3 is 2.67 bits per heavy atom. The van der Waals surface area contributed by atoms with Gasteiger partial charge in [0.05, 0.1) is 11.4 Å². The first-order valence-corrected chi connectivity index (χ1v) is 5.89. The van der Waals surface area contributed by atoms with E-state index in [9.17, 15) is 4.79 Å². The molecule has 0 aromatic carbocycles. The number of hydrogen-bond acceptors (Lipinski definition) is 4. The molecular weight excluding hydrogens is 230 g/mol. The maximum Gasteiger partial charge on any atom is 0.296 e. The highest BCUT2D eigenvalue weighted by atomic mass is 16.1. The van der Waals surface area contributed by atoms with Crippen LogP contribution in [0.2, 0.25) is 0 Å². The number of nitrogen functional groups attached to an aromatic ring is 1. The lowest BCUT2D eigenvalue weighted by Gasteiger charge is -2.02. The maximum absolute atomic E-state index is 12.0. The van der Waals surface area contributed by atoms with Gasteiger partial charge in [0.15, 0.2) is 5.82 Å². The fourth-order valence-electron chi connectivity index (χ4n) is 1.73. The van der Waals surface area contributed by atoms with E-state index in [1.54, 1.807) is 12.1 Å². The number of nitrogens with one attached hydrogen (secondary N) is 1. The topological polar surface area (TPSA) is 89.6 Å². The van der Waals surface area contributed by atoms with Crippen molar-refractivity contribution in [3.63, 3.8) is 0 Å². The van der Waals surface area contributed by atoms with Crippen LogP contribution in [-0.2, 0) is 6.42 Å². The zero-order chi connectivity index (χ0) is 13.3. The van der Waals surface area contributed by atoms with Gasteiger partial charge in [-0.1, -0.05) is 13.8 Å². The van der Waals surface area contributed by atoms with Crippen LogP contribution in [0.1, 0.15) is 25.2 Å². The highest BCUT2D eigenvalue weighted by Crippen LogP contribution is 2.11. The van der Waals surface area contributed by atoms with Crippen LogP contribution in [0, 0.1) is 12.8 Å². The number of H-pyrrole nitrogens is 1. The van der Waals surface area contributed by atoms with E-state index in [4.69, 9.17) is 5.73 Å². The molecule has 0 spiro atoms. The van der Waals surface area contributed by atoms with Gasteiger partial charge in [0.2, 0.25) is 0 Å².